The molecule has 0 saturated carbocycles. The molecule has 132 valence electrons. The first kappa shape index (κ1) is 16.3. The van der Waals surface area contributed by atoms with Gasteiger partial charge >= 0.3 is 0 Å². The normalized spacial score (nSPS) is 12.2. The average molecular weight is 371 g/mol. The number of rotatable bonds is 4. The van der Waals surface area contributed by atoms with Crippen molar-refractivity contribution in [3.63, 3.8) is 0 Å². The van der Waals surface area contributed by atoms with Gasteiger partial charge in [-0.25, -0.2) is 4.98 Å². The number of carbonyl (C=O) groups excluding carboxylic acids is 2. The maximum atomic E-state index is 12.1. The molecule has 0 bridgehead atoms. The number of hydrogen-bond donors (Lipinski definition) is 2. The van der Waals surface area contributed by atoms with Crippen molar-refractivity contribution in [1.29, 1.82) is 0 Å². The number of para-hydroxylation sites is 2. The van der Waals surface area contributed by atoms with Crippen LogP contribution in [-0.2, 0) is 4.79 Å². The summed E-state index contributed by atoms with van der Waals surface area (Å²) in [7, 11) is 0. The van der Waals surface area contributed by atoms with E-state index in [1.165, 1.54) is 0 Å². The number of ether oxygens (including phenoxy) is 2. The molecule has 2 N–H and O–H groups in total. The van der Waals surface area contributed by atoms with Gasteiger partial charge in [-0.15, -0.1) is 0 Å². The van der Waals surface area contributed by atoms with Gasteiger partial charge in [0.15, 0.2) is 17.1 Å². The lowest BCUT2D eigenvalue weighted by Crippen LogP contribution is -2.42. The van der Waals surface area contributed by atoms with Crippen molar-refractivity contribution in [2.24, 2.45) is 0 Å². The molecule has 2 aromatic carbocycles. The van der Waals surface area contributed by atoms with Crippen LogP contribution >= 0.6 is 11.8 Å². The van der Waals surface area contributed by atoms with Crippen molar-refractivity contribution in [1.82, 2.24) is 15.8 Å². The van der Waals surface area contributed by atoms with Crippen LogP contribution in [0.1, 0.15) is 10.4 Å². The predicted molar refractivity (Wildman–Crippen MR) is 92.9 cm³/mol. The molecule has 8 nitrogen and oxygen atoms in total. The Bertz CT molecular complexity index is 954. The first-order valence-electron chi connectivity index (χ1n) is 7.66. The van der Waals surface area contributed by atoms with E-state index in [1.54, 1.807) is 24.3 Å². The number of hydrogen-bond acceptors (Lipinski definition) is 7. The van der Waals surface area contributed by atoms with Crippen molar-refractivity contribution < 1.29 is 23.5 Å². The highest BCUT2D eigenvalue weighted by atomic mass is 32.2. The van der Waals surface area contributed by atoms with Gasteiger partial charge in [-0.05, 0) is 30.3 Å². The summed E-state index contributed by atoms with van der Waals surface area (Å²) in [4.78, 5) is 28.2. The summed E-state index contributed by atoms with van der Waals surface area (Å²) >= 11 is 1.14. The van der Waals surface area contributed by atoms with Gasteiger partial charge < -0.3 is 13.9 Å². The van der Waals surface area contributed by atoms with Crippen LogP contribution < -0.4 is 20.3 Å². The molecule has 2 amide bonds. The van der Waals surface area contributed by atoms with E-state index in [1.807, 2.05) is 18.2 Å². The van der Waals surface area contributed by atoms with E-state index in [2.05, 4.69) is 15.8 Å². The van der Waals surface area contributed by atoms with E-state index in [-0.39, 0.29) is 18.5 Å². The number of benzene rings is 2. The van der Waals surface area contributed by atoms with Crippen molar-refractivity contribution in [3.8, 4) is 11.5 Å². The van der Waals surface area contributed by atoms with E-state index in [9.17, 15) is 9.59 Å². The minimum Gasteiger partial charge on any atom is -0.454 e. The number of nitrogens with one attached hydrogen (secondary N) is 2. The van der Waals surface area contributed by atoms with E-state index in [0.717, 1.165) is 17.3 Å². The summed E-state index contributed by atoms with van der Waals surface area (Å²) in [5.74, 6) is 0.291. The second-order valence-electron chi connectivity index (χ2n) is 5.31. The number of nitrogens with zero attached hydrogens (tertiary/aromatic N) is 1. The second-order valence-corrected chi connectivity index (χ2v) is 6.23. The number of thioether (sulfide) groups is 1. The monoisotopic (exact) mass is 371 g/mol. The topological polar surface area (TPSA) is 103 Å². The van der Waals surface area contributed by atoms with Gasteiger partial charge in [0, 0.05) is 5.56 Å². The Hall–Kier alpha value is -3.20. The molecule has 1 aliphatic rings. The Kier molecular flexibility index (Phi) is 4.36. The van der Waals surface area contributed by atoms with Crippen molar-refractivity contribution in [3.05, 3.63) is 48.0 Å². The van der Waals surface area contributed by atoms with Gasteiger partial charge in [0.1, 0.15) is 5.52 Å². The van der Waals surface area contributed by atoms with E-state index in [4.69, 9.17) is 13.9 Å². The zero-order valence-electron chi connectivity index (χ0n) is 13.4. The third-order valence-electron chi connectivity index (χ3n) is 3.55. The fourth-order valence-corrected chi connectivity index (χ4v) is 2.95. The fraction of sp³-hybridized carbons (Fsp3) is 0.118. The Balaban J connectivity index is 1.29. The zero-order chi connectivity index (χ0) is 17.9. The maximum absolute atomic E-state index is 12.1. The van der Waals surface area contributed by atoms with Crippen molar-refractivity contribution in [2.75, 3.05) is 12.5 Å². The van der Waals surface area contributed by atoms with Gasteiger partial charge in [-0.3, -0.25) is 20.4 Å². The zero-order valence-corrected chi connectivity index (χ0v) is 14.2. The molecule has 2 heterocycles. The Morgan fingerprint density at radius 1 is 1.08 bits per heavy atom. The lowest BCUT2D eigenvalue weighted by Gasteiger charge is -2.07. The van der Waals surface area contributed by atoms with Gasteiger partial charge in [0.25, 0.3) is 11.1 Å². The SMILES string of the molecule is O=C(CSc1nc2ccccc2o1)NNC(=O)c1ccc2c(c1)OCO2. The first-order chi connectivity index (χ1) is 12.7. The summed E-state index contributed by atoms with van der Waals surface area (Å²) in [5, 5.41) is 0.392. The quantitative estimate of drug-likeness (QED) is 0.535. The molecule has 9 heteroatoms. The Morgan fingerprint density at radius 2 is 1.92 bits per heavy atom. The van der Waals surface area contributed by atoms with Gasteiger partial charge in [-0.1, -0.05) is 23.9 Å². The van der Waals surface area contributed by atoms with Crippen molar-refractivity contribution in [2.45, 2.75) is 5.22 Å². The molecular formula is C17H13N3O5S. The summed E-state index contributed by atoms with van der Waals surface area (Å²) in [6.45, 7) is 0.129. The number of oxazole rings is 1. The molecule has 0 unspecified atom stereocenters. The highest BCUT2D eigenvalue weighted by molar-refractivity contribution is 7.99. The molecule has 0 saturated heterocycles. The average Bonchev–Trinajstić information content (AvgIpc) is 3.29. The first-order valence-corrected chi connectivity index (χ1v) is 8.65. The highest BCUT2D eigenvalue weighted by Gasteiger charge is 2.16. The third-order valence-corrected chi connectivity index (χ3v) is 4.38. The number of hydrazine groups is 1. The van der Waals surface area contributed by atoms with E-state index >= 15 is 0 Å². The lowest BCUT2D eigenvalue weighted by atomic mass is 10.2. The molecule has 4 rings (SSSR count). The van der Waals surface area contributed by atoms with Gasteiger partial charge in [0.2, 0.25) is 12.7 Å². The van der Waals surface area contributed by atoms with Crippen LogP contribution in [-0.4, -0.2) is 29.3 Å². The molecule has 0 aliphatic carbocycles. The van der Waals surface area contributed by atoms with Crippen LogP contribution in [0.3, 0.4) is 0 Å². The molecule has 1 aliphatic heterocycles. The van der Waals surface area contributed by atoms with E-state index in [0.29, 0.717) is 27.9 Å². The number of amides is 2. The number of fused-ring (bicyclic) bond motifs is 2. The van der Waals surface area contributed by atoms with E-state index < -0.39 is 5.91 Å². The summed E-state index contributed by atoms with van der Waals surface area (Å²) < 4.78 is 15.9. The second kappa shape index (κ2) is 6.96. The minimum atomic E-state index is -0.455. The van der Waals surface area contributed by atoms with Crippen LogP contribution in [0.5, 0.6) is 11.5 Å². The largest absolute Gasteiger partial charge is 0.454 e. The number of carbonyl (C=O) groups is 2. The minimum absolute atomic E-state index is 0.0498. The maximum Gasteiger partial charge on any atom is 0.269 e. The molecule has 0 fully saturated rings. The molecule has 0 atom stereocenters. The molecular weight excluding hydrogens is 358 g/mol. The standard InChI is InChI=1S/C17H13N3O5S/c21-15(8-26-17-18-11-3-1-2-4-12(11)25-17)19-20-16(22)10-5-6-13-14(7-10)24-9-23-13/h1-7H,8-9H2,(H,19,21)(H,20,22). The van der Waals surface area contributed by atoms with Crippen LogP contribution in [0, 0.1) is 0 Å². The number of aromatic nitrogens is 1. The molecule has 26 heavy (non-hydrogen) atoms. The summed E-state index contributed by atoms with van der Waals surface area (Å²) in [6.07, 6.45) is 0. The smallest absolute Gasteiger partial charge is 0.269 e. The van der Waals surface area contributed by atoms with Gasteiger partial charge in [0.05, 0.1) is 5.75 Å². The molecule has 0 radical (unpaired) electrons. The Labute approximate surface area is 151 Å². The molecule has 3 aromatic rings. The lowest BCUT2D eigenvalue weighted by molar-refractivity contribution is -0.119. The third kappa shape index (κ3) is 3.42. The fourth-order valence-electron chi connectivity index (χ4n) is 2.31. The summed E-state index contributed by atoms with van der Waals surface area (Å²) in [5.41, 5.74) is 6.44. The van der Waals surface area contributed by atoms with Gasteiger partial charge in [-0.2, -0.15) is 0 Å². The van der Waals surface area contributed by atoms with Crippen LogP contribution in [0.25, 0.3) is 11.1 Å². The van der Waals surface area contributed by atoms with Crippen molar-refractivity contribution >= 4 is 34.7 Å². The highest BCUT2D eigenvalue weighted by Crippen LogP contribution is 2.32. The molecule has 1 aromatic heterocycles. The predicted octanol–water partition coefficient (Wildman–Crippen LogP) is 2.11. The summed E-state index contributed by atoms with van der Waals surface area (Å²) in [6, 6.07) is 12.1. The molecule has 0 spiro atoms. The van der Waals surface area contributed by atoms with Crippen LogP contribution in [0.2, 0.25) is 0 Å². The van der Waals surface area contributed by atoms with Crippen LogP contribution in [0.4, 0.5) is 0 Å². The van der Waals surface area contributed by atoms with Crippen LogP contribution in [0.15, 0.2) is 52.1 Å². The Morgan fingerprint density at radius 3 is 2.81 bits per heavy atom.